The first-order chi connectivity index (χ1) is 7.66. The van der Waals surface area contributed by atoms with E-state index in [1.165, 1.54) is 0 Å². The van der Waals surface area contributed by atoms with Crippen molar-refractivity contribution >= 4 is 5.69 Å². The number of nitrogens with two attached hydrogens (primary N) is 1. The molecule has 1 saturated heterocycles. The maximum absolute atomic E-state index is 13.6. The van der Waals surface area contributed by atoms with Crippen LogP contribution in [0, 0.1) is 5.82 Å². The molecular formula is C12H17FN2O. The van der Waals surface area contributed by atoms with E-state index in [1.54, 1.807) is 18.2 Å². The molecule has 1 aliphatic heterocycles. The molecule has 0 amide bonds. The van der Waals surface area contributed by atoms with Crippen LogP contribution >= 0.6 is 0 Å². The van der Waals surface area contributed by atoms with Gasteiger partial charge in [0.05, 0.1) is 11.8 Å². The average molecular weight is 224 g/mol. The first kappa shape index (κ1) is 11.4. The molecule has 0 radical (unpaired) electrons. The van der Waals surface area contributed by atoms with Crippen molar-refractivity contribution in [3.63, 3.8) is 0 Å². The number of piperidine rings is 1. The largest absolute Gasteiger partial charge is 0.396 e. The number of nitrogen functional groups attached to an aromatic ring is 1. The van der Waals surface area contributed by atoms with Crippen molar-refractivity contribution in [3.8, 4) is 0 Å². The van der Waals surface area contributed by atoms with E-state index >= 15 is 0 Å². The van der Waals surface area contributed by atoms with Crippen molar-refractivity contribution in [2.24, 2.45) is 0 Å². The van der Waals surface area contributed by atoms with Crippen LogP contribution in [0.1, 0.15) is 18.4 Å². The van der Waals surface area contributed by atoms with Gasteiger partial charge in [0.2, 0.25) is 0 Å². The van der Waals surface area contributed by atoms with E-state index in [1.807, 2.05) is 0 Å². The highest BCUT2D eigenvalue weighted by molar-refractivity contribution is 5.42. The summed E-state index contributed by atoms with van der Waals surface area (Å²) in [7, 11) is 0. The maximum atomic E-state index is 13.6. The molecule has 0 unspecified atom stereocenters. The predicted molar refractivity (Wildman–Crippen MR) is 61.3 cm³/mol. The minimum atomic E-state index is -0.311. The van der Waals surface area contributed by atoms with Crippen molar-refractivity contribution in [3.05, 3.63) is 29.6 Å². The summed E-state index contributed by atoms with van der Waals surface area (Å²) in [6.45, 7) is 2.20. The number of aliphatic hydroxyl groups is 1. The van der Waals surface area contributed by atoms with Crippen LogP contribution in [0.15, 0.2) is 18.2 Å². The van der Waals surface area contributed by atoms with Crippen molar-refractivity contribution in [2.45, 2.75) is 25.5 Å². The Morgan fingerprint density at radius 1 is 1.38 bits per heavy atom. The summed E-state index contributed by atoms with van der Waals surface area (Å²) < 4.78 is 13.6. The molecule has 0 spiro atoms. The van der Waals surface area contributed by atoms with Gasteiger partial charge in [0.25, 0.3) is 0 Å². The molecule has 3 N–H and O–H groups in total. The Morgan fingerprint density at radius 2 is 2.06 bits per heavy atom. The predicted octanol–water partition coefficient (Wildman–Crippen LogP) is 1.36. The lowest BCUT2D eigenvalue weighted by molar-refractivity contribution is 0.0788. The molecule has 1 aliphatic rings. The molecule has 0 aromatic heterocycles. The van der Waals surface area contributed by atoms with Gasteiger partial charge in [-0.05, 0) is 18.9 Å². The Hall–Kier alpha value is -1.13. The van der Waals surface area contributed by atoms with Gasteiger partial charge in [0.15, 0.2) is 5.82 Å². The molecule has 1 aromatic carbocycles. The smallest absolute Gasteiger partial charge is 0.150 e. The Balaban J connectivity index is 2.01. The van der Waals surface area contributed by atoms with Gasteiger partial charge in [0.1, 0.15) is 0 Å². The molecule has 0 aliphatic carbocycles. The topological polar surface area (TPSA) is 49.5 Å². The number of hydrogen-bond acceptors (Lipinski definition) is 3. The van der Waals surface area contributed by atoms with Crippen LogP contribution in [-0.2, 0) is 6.54 Å². The Bertz CT molecular complexity index is 362. The SMILES string of the molecule is Nc1cccc(CN2CCC(O)CC2)c1F. The normalized spacial score (nSPS) is 18.9. The second-order valence-corrected chi connectivity index (χ2v) is 4.33. The highest BCUT2D eigenvalue weighted by atomic mass is 19.1. The van der Waals surface area contributed by atoms with Gasteiger partial charge < -0.3 is 10.8 Å². The van der Waals surface area contributed by atoms with Crippen molar-refractivity contribution in [1.29, 1.82) is 0 Å². The Kier molecular flexibility index (Phi) is 3.41. The van der Waals surface area contributed by atoms with Crippen molar-refractivity contribution in [1.82, 2.24) is 4.90 Å². The minimum Gasteiger partial charge on any atom is -0.396 e. The van der Waals surface area contributed by atoms with Gasteiger partial charge in [0, 0.05) is 25.2 Å². The summed E-state index contributed by atoms with van der Waals surface area (Å²) in [6, 6.07) is 5.10. The molecular weight excluding hydrogens is 207 g/mol. The monoisotopic (exact) mass is 224 g/mol. The first-order valence-electron chi connectivity index (χ1n) is 5.60. The van der Waals surface area contributed by atoms with Crippen molar-refractivity contribution < 1.29 is 9.50 Å². The van der Waals surface area contributed by atoms with Gasteiger partial charge in [-0.25, -0.2) is 4.39 Å². The molecule has 88 valence electrons. The fraction of sp³-hybridized carbons (Fsp3) is 0.500. The van der Waals surface area contributed by atoms with Crippen LogP contribution in [0.5, 0.6) is 0 Å². The van der Waals surface area contributed by atoms with E-state index in [9.17, 15) is 9.50 Å². The molecule has 16 heavy (non-hydrogen) atoms. The van der Waals surface area contributed by atoms with Crippen LogP contribution < -0.4 is 5.73 Å². The lowest BCUT2D eigenvalue weighted by Crippen LogP contribution is -2.35. The van der Waals surface area contributed by atoms with Crippen LogP contribution in [0.2, 0.25) is 0 Å². The summed E-state index contributed by atoms with van der Waals surface area (Å²) in [5.74, 6) is -0.311. The summed E-state index contributed by atoms with van der Waals surface area (Å²) in [5, 5.41) is 9.37. The van der Waals surface area contributed by atoms with E-state index in [0.29, 0.717) is 12.1 Å². The van der Waals surface area contributed by atoms with E-state index in [2.05, 4.69) is 4.90 Å². The molecule has 4 heteroatoms. The first-order valence-corrected chi connectivity index (χ1v) is 5.60. The summed E-state index contributed by atoms with van der Waals surface area (Å²) in [6.07, 6.45) is 1.34. The number of benzene rings is 1. The fourth-order valence-corrected chi connectivity index (χ4v) is 2.04. The summed E-state index contributed by atoms with van der Waals surface area (Å²) >= 11 is 0. The van der Waals surface area contributed by atoms with Gasteiger partial charge in [-0.3, -0.25) is 4.90 Å². The number of aliphatic hydroxyl groups excluding tert-OH is 1. The highest BCUT2D eigenvalue weighted by Gasteiger charge is 2.18. The van der Waals surface area contributed by atoms with E-state index in [-0.39, 0.29) is 17.6 Å². The number of rotatable bonds is 2. The Labute approximate surface area is 94.7 Å². The fourth-order valence-electron chi connectivity index (χ4n) is 2.04. The second-order valence-electron chi connectivity index (χ2n) is 4.33. The second kappa shape index (κ2) is 4.80. The molecule has 2 rings (SSSR count). The van der Waals surface area contributed by atoms with Gasteiger partial charge in [-0.15, -0.1) is 0 Å². The molecule has 0 saturated carbocycles. The number of likely N-dealkylation sites (tertiary alicyclic amines) is 1. The molecule has 1 fully saturated rings. The van der Waals surface area contributed by atoms with Crippen molar-refractivity contribution in [2.75, 3.05) is 18.8 Å². The van der Waals surface area contributed by atoms with Gasteiger partial charge >= 0.3 is 0 Å². The van der Waals surface area contributed by atoms with Gasteiger partial charge in [-0.2, -0.15) is 0 Å². The molecule has 1 heterocycles. The van der Waals surface area contributed by atoms with Gasteiger partial charge in [-0.1, -0.05) is 12.1 Å². The number of hydrogen-bond donors (Lipinski definition) is 2. The summed E-state index contributed by atoms with van der Waals surface area (Å²) in [5.41, 5.74) is 6.35. The zero-order valence-electron chi connectivity index (χ0n) is 9.19. The molecule has 0 atom stereocenters. The zero-order chi connectivity index (χ0) is 11.5. The van der Waals surface area contributed by atoms with E-state index in [0.717, 1.165) is 25.9 Å². The minimum absolute atomic E-state index is 0.193. The number of nitrogens with zero attached hydrogens (tertiary/aromatic N) is 1. The third-order valence-electron chi connectivity index (χ3n) is 3.06. The average Bonchev–Trinajstić information content (AvgIpc) is 2.28. The number of halogens is 1. The van der Waals surface area contributed by atoms with E-state index < -0.39 is 0 Å². The number of anilines is 1. The highest BCUT2D eigenvalue weighted by Crippen LogP contribution is 2.19. The standard InChI is InChI=1S/C12H17FN2O/c13-12-9(2-1-3-11(12)14)8-15-6-4-10(16)5-7-15/h1-3,10,16H,4-8,14H2. The zero-order valence-corrected chi connectivity index (χ0v) is 9.19. The molecule has 3 nitrogen and oxygen atoms in total. The molecule has 1 aromatic rings. The van der Waals surface area contributed by atoms with Crippen LogP contribution in [0.4, 0.5) is 10.1 Å². The van der Waals surface area contributed by atoms with Crippen LogP contribution in [-0.4, -0.2) is 29.2 Å². The lowest BCUT2D eigenvalue weighted by Gasteiger charge is -2.29. The summed E-state index contributed by atoms with van der Waals surface area (Å²) in [4.78, 5) is 2.14. The van der Waals surface area contributed by atoms with Crippen LogP contribution in [0.25, 0.3) is 0 Å². The quantitative estimate of drug-likeness (QED) is 0.746. The molecule has 0 bridgehead atoms. The van der Waals surface area contributed by atoms with Crippen LogP contribution in [0.3, 0.4) is 0 Å². The lowest BCUT2D eigenvalue weighted by atomic mass is 10.1. The third-order valence-corrected chi connectivity index (χ3v) is 3.06. The van der Waals surface area contributed by atoms with E-state index in [4.69, 9.17) is 5.73 Å². The third kappa shape index (κ3) is 2.51. The Morgan fingerprint density at radius 3 is 2.75 bits per heavy atom. The maximum Gasteiger partial charge on any atom is 0.150 e.